The predicted molar refractivity (Wildman–Crippen MR) is 53.6 cm³/mol. The van der Waals surface area contributed by atoms with Crippen LogP contribution in [0.5, 0.6) is 0 Å². The van der Waals surface area contributed by atoms with Crippen molar-refractivity contribution in [1.29, 1.82) is 0 Å². The van der Waals surface area contributed by atoms with E-state index in [1.165, 1.54) is 7.11 Å². The molecule has 4 nitrogen and oxygen atoms in total. The van der Waals surface area contributed by atoms with E-state index in [0.717, 1.165) is 4.90 Å². The molecule has 1 aliphatic rings. The number of carbonyl (C=O) groups is 1. The van der Waals surface area contributed by atoms with E-state index in [1.807, 2.05) is 0 Å². The van der Waals surface area contributed by atoms with Gasteiger partial charge in [-0.05, 0) is 20.3 Å². The Morgan fingerprint density at radius 2 is 2.12 bits per heavy atom. The molecule has 1 heterocycles. The minimum absolute atomic E-state index is 0.122. The maximum atomic E-state index is 13.4. The van der Waals surface area contributed by atoms with Crippen molar-refractivity contribution in [2.24, 2.45) is 0 Å². The van der Waals surface area contributed by atoms with E-state index in [9.17, 15) is 13.6 Å². The third kappa shape index (κ3) is 3.04. The van der Waals surface area contributed by atoms with Crippen LogP contribution in [0.15, 0.2) is 0 Å². The number of alkyl halides is 2. The first-order valence-corrected chi connectivity index (χ1v) is 5.23. The van der Waals surface area contributed by atoms with Gasteiger partial charge >= 0.3 is 6.09 Å². The SMILES string of the molecule is COC1CCN(C(=O)OC(C)C)CC1(F)F. The molecule has 1 atom stereocenters. The molecule has 94 valence electrons. The largest absolute Gasteiger partial charge is 0.447 e. The summed E-state index contributed by atoms with van der Waals surface area (Å²) in [6.45, 7) is 2.95. The Hall–Kier alpha value is -0.910. The lowest BCUT2D eigenvalue weighted by molar-refractivity contribution is -0.158. The second-order valence-electron chi connectivity index (χ2n) is 4.13. The standard InChI is InChI=1S/C10H17F2NO3/c1-7(2)16-9(14)13-5-4-8(15-3)10(11,12)6-13/h7-8H,4-6H2,1-3H3. The highest BCUT2D eigenvalue weighted by molar-refractivity contribution is 5.68. The van der Waals surface area contributed by atoms with Gasteiger partial charge in [-0.15, -0.1) is 0 Å². The zero-order valence-corrected chi connectivity index (χ0v) is 9.70. The summed E-state index contributed by atoms with van der Waals surface area (Å²) in [6, 6.07) is 0. The molecule has 6 heteroatoms. The summed E-state index contributed by atoms with van der Waals surface area (Å²) in [5.74, 6) is -3.01. The van der Waals surface area contributed by atoms with Gasteiger partial charge in [-0.3, -0.25) is 0 Å². The van der Waals surface area contributed by atoms with Gasteiger partial charge in [0.15, 0.2) is 0 Å². The van der Waals surface area contributed by atoms with Gasteiger partial charge in [-0.1, -0.05) is 0 Å². The Labute approximate surface area is 93.5 Å². The zero-order valence-electron chi connectivity index (χ0n) is 9.70. The van der Waals surface area contributed by atoms with Gasteiger partial charge in [-0.2, -0.15) is 0 Å². The van der Waals surface area contributed by atoms with Crippen LogP contribution in [0.25, 0.3) is 0 Å². The second kappa shape index (κ2) is 4.95. The average molecular weight is 237 g/mol. The summed E-state index contributed by atoms with van der Waals surface area (Å²) in [5.41, 5.74) is 0. The lowest BCUT2D eigenvalue weighted by atomic mass is 10.0. The summed E-state index contributed by atoms with van der Waals surface area (Å²) in [6.07, 6.45) is -1.99. The van der Waals surface area contributed by atoms with Gasteiger partial charge in [0.1, 0.15) is 6.10 Å². The number of hydrogen-bond acceptors (Lipinski definition) is 3. The molecule has 1 amide bonds. The van der Waals surface area contributed by atoms with Gasteiger partial charge in [0.05, 0.1) is 12.6 Å². The summed E-state index contributed by atoms with van der Waals surface area (Å²) in [7, 11) is 1.25. The third-order valence-electron chi connectivity index (χ3n) is 2.41. The Balaban J connectivity index is 2.58. The first kappa shape index (κ1) is 13.2. The molecule has 0 bridgehead atoms. The fourth-order valence-corrected chi connectivity index (χ4v) is 1.64. The Morgan fingerprint density at radius 1 is 1.50 bits per heavy atom. The quantitative estimate of drug-likeness (QED) is 0.736. The van der Waals surface area contributed by atoms with Crippen LogP contribution in [0.2, 0.25) is 0 Å². The highest BCUT2D eigenvalue weighted by atomic mass is 19.3. The molecule has 0 aromatic carbocycles. The van der Waals surface area contributed by atoms with Crippen LogP contribution in [-0.2, 0) is 9.47 Å². The molecule has 1 fully saturated rings. The molecule has 0 spiro atoms. The summed E-state index contributed by atoms with van der Waals surface area (Å²) in [4.78, 5) is 12.4. The number of rotatable bonds is 2. The van der Waals surface area contributed by atoms with Crippen LogP contribution in [0.4, 0.5) is 13.6 Å². The smallest absolute Gasteiger partial charge is 0.410 e. The van der Waals surface area contributed by atoms with Gasteiger partial charge in [0, 0.05) is 13.7 Å². The number of ether oxygens (including phenoxy) is 2. The van der Waals surface area contributed by atoms with Crippen molar-refractivity contribution in [3.05, 3.63) is 0 Å². The fraction of sp³-hybridized carbons (Fsp3) is 0.900. The number of piperidine rings is 1. The lowest BCUT2D eigenvalue weighted by Gasteiger charge is -2.37. The fourth-order valence-electron chi connectivity index (χ4n) is 1.64. The van der Waals surface area contributed by atoms with E-state index in [0.29, 0.717) is 0 Å². The van der Waals surface area contributed by atoms with E-state index < -0.39 is 24.7 Å². The monoisotopic (exact) mass is 237 g/mol. The Kier molecular flexibility index (Phi) is 4.07. The molecule has 1 aliphatic heterocycles. The van der Waals surface area contributed by atoms with Crippen LogP contribution < -0.4 is 0 Å². The number of methoxy groups -OCH3 is 1. The zero-order chi connectivity index (χ0) is 12.3. The highest BCUT2D eigenvalue weighted by Crippen LogP contribution is 2.29. The summed E-state index contributed by atoms with van der Waals surface area (Å²) in [5, 5.41) is 0. The average Bonchev–Trinajstić information content (AvgIpc) is 2.15. The first-order chi connectivity index (χ1) is 7.36. The predicted octanol–water partition coefficient (Wildman–Crippen LogP) is 1.89. The molecule has 0 saturated carbocycles. The molecule has 1 unspecified atom stereocenters. The van der Waals surface area contributed by atoms with Crippen molar-refractivity contribution in [3.63, 3.8) is 0 Å². The number of carbonyl (C=O) groups excluding carboxylic acids is 1. The number of amides is 1. The van der Waals surface area contributed by atoms with Gasteiger partial charge < -0.3 is 14.4 Å². The van der Waals surface area contributed by atoms with Crippen LogP contribution in [0.1, 0.15) is 20.3 Å². The minimum Gasteiger partial charge on any atom is -0.447 e. The van der Waals surface area contributed by atoms with Gasteiger partial charge in [-0.25, -0.2) is 13.6 Å². The van der Waals surface area contributed by atoms with Gasteiger partial charge in [0.2, 0.25) is 0 Å². The highest BCUT2D eigenvalue weighted by Gasteiger charge is 2.46. The Morgan fingerprint density at radius 3 is 2.56 bits per heavy atom. The first-order valence-electron chi connectivity index (χ1n) is 5.23. The molecule has 1 saturated heterocycles. The minimum atomic E-state index is -3.01. The summed E-state index contributed by atoms with van der Waals surface area (Å²) < 4.78 is 36.4. The summed E-state index contributed by atoms with van der Waals surface area (Å²) >= 11 is 0. The molecule has 0 aromatic rings. The maximum Gasteiger partial charge on any atom is 0.410 e. The number of nitrogens with zero attached hydrogens (tertiary/aromatic N) is 1. The number of likely N-dealkylation sites (tertiary alicyclic amines) is 1. The van der Waals surface area contributed by atoms with E-state index >= 15 is 0 Å². The normalized spacial score (nSPS) is 24.6. The Bertz CT molecular complexity index is 258. The van der Waals surface area contributed by atoms with Crippen LogP contribution in [0, 0.1) is 0 Å². The molecular formula is C10H17F2NO3. The van der Waals surface area contributed by atoms with Crippen molar-refractivity contribution in [1.82, 2.24) is 4.90 Å². The molecule has 0 aromatic heterocycles. The third-order valence-corrected chi connectivity index (χ3v) is 2.41. The topological polar surface area (TPSA) is 38.8 Å². The molecule has 16 heavy (non-hydrogen) atoms. The van der Waals surface area contributed by atoms with E-state index in [2.05, 4.69) is 4.74 Å². The second-order valence-corrected chi connectivity index (χ2v) is 4.13. The molecule has 0 N–H and O–H groups in total. The maximum absolute atomic E-state index is 13.4. The van der Waals surface area contributed by atoms with Crippen molar-refractivity contribution >= 4 is 6.09 Å². The van der Waals surface area contributed by atoms with Crippen molar-refractivity contribution in [2.45, 2.75) is 38.4 Å². The number of halogens is 2. The van der Waals surface area contributed by atoms with E-state index in [-0.39, 0.29) is 19.1 Å². The molecular weight excluding hydrogens is 220 g/mol. The van der Waals surface area contributed by atoms with Crippen molar-refractivity contribution in [3.8, 4) is 0 Å². The molecule has 0 radical (unpaired) electrons. The van der Waals surface area contributed by atoms with Crippen molar-refractivity contribution < 1.29 is 23.0 Å². The van der Waals surface area contributed by atoms with Crippen LogP contribution in [0.3, 0.4) is 0 Å². The number of hydrogen-bond donors (Lipinski definition) is 0. The lowest BCUT2D eigenvalue weighted by Crippen LogP contribution is -2.54. The van der Waals surface area contributed by atoms with Crippen molar-refractivity contribution in [2.75, 3.05) is 20.2 Å². The molecule has 0 aliphatic carbocycles. The van der Waals surface area contributed by atoms with Gasteiger partial charge in [0.25, 0.3) is 5.92 Å². The molecule has 1 rings (SSSR count). The van der Waals surface area contributed by atoms with Crippen LogP contribution in [-0.4, -0.2) is 49.3 Å². The van der Waals surface area contributed by atoms with E-state index in [1.54, 1.807) is 13.8 Å². The van der Waals surface area contributed by atoms with E-state index in [4.69, 9.17) is 4.74 Å². The van der Waals surface area contributed by atoms with Crippen LogP contribution >= 0.6 is 0 Å².